The van der Waals surface area contributed by atoms with E-state index in [2.05, 4.69) is 17.1 Å². The number of nitrogens with zero attached hydrogens (tertiary/aromatic N) is 3. The van der Waals surface area contributed by atoms with E-state index in [0.717, 1.165) is 19.3 Å². The molecular weight excluding hydrogens is 310 g/mol. The number of benzene rings is 1. The van der Waals surface area contributed by atoms with Crippen molar-refractivity contribution in [2.75, 3.05) is 13.1 Å². The van der Waals surface area contributed by atoms with Gasteiger partial charge >= 0.3 is 0 Å². The zero-order valence-corrected chi connectivity index (χ0v) is 14.5. The molecule has 0 bridgehead atoms. The topological polar surface area (TPSA) is 55.2 Å². The molecule has 23 heavy (non-hydrogen) atoms. The van der Waals surface area contributed by atoms with E-state index in [4.69, 9.17) is 0 Å². The largest absolute Gasteiger partial charge is 0.337 e. The van der Waals surface area contributed by atoms with E-state index < -0.39 is 10.0 Å². The molecule has 3 rings (SSSR count). The Bertz CT molecular complexity index is 749. The van der Waals surface area contributed by atoms with Crippen LogP contribution in [-0.2, 0) is 17.1 Å². The fourth-order valence-electron chi connectivity index (χ4n) is 3.11. The average Bonchev–Trinajstić information content (AvgIpc) is 2.77. The second-order valence-corrected chi connectivity index (χ2v) is 8.09. The molecule has 0 amide bonds. The summed E-state index contributed by atoms with van der Waals surface area (Å²) in [6, 6.07) is 10.2. The molecule has 0 radical (unpaired) electrons. The summed E-state index contributed by atoms with van der Waals surface area (Å²) in [5, 5.41) is 0.159. The fraction of sp³-hybridized carbons (Fsp3) is 0.471. The van der Waals surface area contributed by atoms with Gasteiger partial charge in [0.15, 0.2) is 5.03 Å². The van der Waals surface area contributed by atoms with Crippen LogP contribution in [0.15, 0.2) is 41.6 Å². The molecule has 1 atom stereocenters. The maximum absolute atomic E-state index is 12.9. The molecule has 6 heteroatoms. The first-order valence-electron chi connectivity index (χ1n) is 8.03. The van der Waals surface area contributed by atoms with Crippen LogP contribution in [0.1, 0.15) is 36.6 Å². The van der Waals surface area contributed by atoms with E-state index in [9.17, 15) is 8.42 Å². The quantitative estimate of drug-likeness (QED) is 0.868. The minimum Gasteiger partial charge on any atom is -0.337 e. The highest BCUT2D eigenvalue weighted by molar-refractivity contribution is 7.89. The van der Waals surface area contributed by atoms with Gasteiger partial charge in [0, 0.05) is 26.3 Å². The molecule has 2 aromatic rings. The summed E-state index contributed by atoms with van der Waals surface area (Å²) in [5.74, 6) is 0.955. The van der Waals surface area contributed by atoms with Gasteiger partial charge in [-0.2, -0.15) is 4.31 Å². The third kappa shape index (κ3) is 3.33. The van der Waals surface area contributed by atoms with Gasteiger partial charge in [-0.15, -0.1) is 0 Å². The Labute approximate surface area is 138 Å². The Morgan fingerprint density at radius 2 is 1.91 bits per heavy atom. The summed E-state index contributed by atoms with van der Waals surface area (Å²) in [7, 11) is -1.71. The molecule has 1 aliphatic rings. The smallest absolute Gasteiger partial charge is 0.262 e. The molecule has 1 fully saturated rings. The van der Waals surface area contributed by atoms with Crippen LogP contribution in [0.3, 0.4) is 0 Å². The number of aromatic nitrogens is 2. The first kappa shape index (κ1) is 16.2. The molecule has 5 nitrogen and oxygen atoms in total. The zero-order valence-electron chi connectivity index (χ0n) is 13.6. The molecule has 0 N–H and O–H groups in total. The second kappa shape index (κ2) is 6.45. The van der Waals surface area contributed by atoms with Crippen molar-refractivity contribution in [2.45, 2.75) is 37.1 Å². The lowest BCUT2D eigenvalue weighted by Crippen LogP contribution is -2.34. The van der Waals surface area contributed by atoms with Crippen molar-refractivity contribution >= 4 is 10.0 Å². The molecule has 0 saturated carbocycles. The van der Waals surface area contributed by atoms with Gasteiger partial charge in [0.25, 0.3) is 10.0 Å². The summed E-state index contributed by atoms with van der Waals surface area (Å²) in [6.07, 6.45) is 4.57. The summed E-state index contributed by atoms with van der Waals surface area (Å²) in [5.41, 5.74) is 1.21. The van der Waals surface area contributed by atoms with Crippen LogP contribution >= 0.6 is 0 Å². The molecule has 1 aromatic heterocycles. The van der Waals surface area contributed by atoms with Crippen LogP contribution in [0.5, 0.6) is 0 Å². The van der Waals surface area contributed by atoms with Gasteiger partial charge < -0.3 is 4.57 Å². The van der Waals surface area contributed by atoms with Crippen LogP contribution in [0, 0.1) is 6.92 Å². The van der Waals surface area contributed by atoms with Crippen molar-refractivity contribution in [3.8, 4) is 0 Å². The van der Waals surface area contributed by atoms with Crippen molar-refractivity contribution in [2.24, 2.45) is 7.05 Å². The van der Waals surface area contributed by atoms with Crippen LogP contribution in [0.25, 0.3) is 0 Å². The predicted molar refractivity (Wildman–Crippen MR) is 89.7 cm³/mol. The Kier molecular flexibility index (Phi) is 4.55. The maximum atomic E-state index is 12.9. The van der Waals surface area contributed by atoms with Crippen LogP contribution in [0.4, 0.5) is 0 Å². The van der Waals surface area contributed by atoms with Gasteiger partial charge in [-0.25, -0.2) is 13.4 Å². The van der Waals surface area contributed by atoms with E-state index in [1.165, 1.54) is 5.56 Å². The second-order valence-electron chi connectivity index (χ2n) is 6.20. The molecular formula is C17H23N3O2S. The fourth-order valence-corrected chi connectivity index (χ4v) is 4.65. The number of hydrogen-bond acceptors (Lipinski definition) is 3. The SMILES string of the molecule is Cc1nc(S(=O)(=O)N2CCCC[C@H](c3ccccc3)C2)cn1C. The third-order valence-corrected chi connectivity index (χ3v) is 6.33. The maximum Gasteiger partial charge on any atom is 0.262 e. The molecule has 124 valence electrons. The van der Waals surface area contributed by atoms with E-state index >= 15 is 0 Å². The van der Waals surface area contributed by atoms with Crippen molar-refractivity contribution in [1.82, 2.24) is 13.9 Å². The lowest BCUT2D eigenvalue weighted by molar-refractivity contribution is 0.404. The molecule has 0 aliphatic carbocycles. The normalized spacial score (nSPS) is 20.3. The van der Waals surface area contributed by atoms with E-state index in [1.54, 1.807) is 15.1 Å². The lowest BCUT2D eigenvalue weighted by Gasteiger charge is -2.23. The highest BCUT2D eigenvalue weighted by atomic mass is 32.2. The summed E-state index contributed by atoms with van der Waals surface area (Å²) < 4.78 is 29.2. The van der Waals surface area contributed by atoms with Crippen LogP contribution < -0.4 is 0 Å². The molecule has 0 spiro atoms. The van der Waals surface area contributed by atoms with Gasteiger partial charge in [-0.05, 0) is 31.2 Å². The molecule has 1 aliphatic heterocycles. The van der Waals surface area contributed by atoms with Crippen LogP contribution in [0.2, 0.25) is 0 Å². The summed E-state index contributed by atoms with van der Waals surface area (Å²) >= 11 is 0. The van der Waals surface area contributed by atoms with Crippen molar-refractivity contribution in [3.05, 3.63) is 47.9 Å². The standard InChI is InChI=1S/C17H23N3O2S/c1-14-18-17(13-19(14)2)23(21,22)20-11-7-6-10-16(12-20)15-8-4-3-5-9-15/h3-5,8-9,13,16H,6-7,10-12H2,1-2H3/t16-/m0/s1. The minimum absolute atomic E-state index is 0.159. The minimum atomic E-state index is -3.53. The van der Waals surface area contributed by atoms with Gasteiger partial charge in [-0.1, -0.05) is 36.8 Å². The zero-order chi connectivity index (χ0) is 16.4. The van der Waals surface area contributed by atoms with Crippen molar-refractivity contribution in [1.29, 1.82) is 0 Å². The Morgan fingerprint density at radius 3 is 2.57 bits per heavy atom. The highest BCUT2D eigenvalue weighted by Crippen LogP contribution is 2.29. The monoisotopic (exact) mass is 333 g/mol. The molecule has 2 heterocycles. The first-order valence-corrected chi connectivity index (χ1v) is 9.47. The van der Waals surface area contributed by atoms with E-state index in [0.29, 0.717) is 18.9 Å². The van der Waals surface area contributed by atoms with Gasteiger partial charge in [0.05, 0.1) is 0 Å². The number of imidazole rings is 1. The first-order chi connectivity index (χ1) is 11.0. The lowest BCUT2D eigenvalue weighted by atomic mass is 9.95. The predicted octanol–water partition coefficient (Wildman–Crippen LogP) is 2.69. The molecule has 1 aromatic carbocycles. The number of aryl methyl sites for hydroxylation is 2. The number of sulfonamides is 1. The Balaban J connectivity index is 1.88. The number of hydrogen-bond donors (Lipinski definition) is 0. The summed E-state index contributed by atoms with van der Waals surface area (Å²) in [6.45, 7) is 2.91. The Hall–Kier alpha value is -1.66. The van der Waals surface area contributed by atoms with Gasteiger partial charge in [0.1, 0.15) is 5.82 Å². The Morgan fingerprint density at radius 1 is 1.17 bits per heavy atom. The van der Waals surface area contributed by atoms with E-state index in [1.807, 2.05) is 32.2 Å². The van der Waals surface area contributed by atoms with Gasteiger partial charge in [-0.3, -0.25) is 0 Å². The van der Waals surface area contributed by atoms with Crippen molar-refractivity contribution in [3.63, 3.8) is 0 Å². The third-order valence-electron chi connectivity index (χ3n) is 4.60. The summed E-state index contributed by atoms with van der Waals surface area (Å²) in [4.78, 5) is 4.22. The molecule has 1 saturated heterocycles. The molecule has 0 unspecified atom stereocenters. The average molecular weight is 333 g/mol. The van der Waals surface area contributed by atoms with E-state index in [-0.39, 0.29) is 10.9 Å². The number of rotatable bonds is 3. The van der Waals surface area contributed by atoms with Crippen molar-refractivity contribution < 1.29 is 8.42 Å². The highest BCUT2D eigenvalue weighted by Gasteiger charge is 2.31. The van der Waals surface area contributed by atoms with Gasteiger partial charge in [0.2, 0.25) is 0 Å². The van der Waals surface area contributed by atoms with Crippen LogP contribution in [-0.4, -0.2) is 35.4 Å².